The highest BCUT2D eigenvalue weighted by Crippen LogP contribution is 2.53. The van der Waals surface area contributed by atoms with E-state index in [0.717, 1.165) is 45.3 Å². The molecule has 0 bridgehead atoms. The lowest BCUT2D eigenvalue weighted by Crippen LogP contribution is -2.18. The van der Waals surface area contributed by atoms with Gasteiger partial charge in [-0.05, 0) is 128 Å². The third-order valence-electron chi connectivity index (χ3n) is 12.5. The molecule has 0 saturated heterocycles. The fourth-order valence-corrected chi connectivity index (χ4v) is 9.37. The first-order valence-corrected chi connectivity index (χ1v) is 20.3. The van der Waals surface area contributed by atoms with Crippen molar-refractivity contribution >= 4 is 46.3 Å². The highest BCUT2D eigenvalue weighted by Gasteiger charge is 2.37. The molecule has 2 aliphatic rings. The highest BCUT2D eigenvalue weighted by atomic mass is 15.1. The van der Waals surface area contributed by atoms with Gasteiger partial charge in [0.05, 0.1) is 0 Å². The third-order valence-corrected chi connectivity index (χ3v) is 12.5. The molecular weight excluding hydrogens is 701 g/mol. The Morgan fingerprint density at radius 1 is 0.293 bits per heavy atom. The lowest BCUT2D eigenvalue weighted by Gasteiger charge is -2.29. The van der Waals surface area contributed by atoms with E-state index in [1.807, 2.05) is 0 Å². The van der Waals surface area contributed by atoms with E-state index in [0.29, 0.717) is 0 Å². The summed E-state index contributed by atoms with van der Waals surface area (Å²) in [7, 11) is 0. The van der Waals surface area contributed by atoms with E-state index in [-0.39, 0.29) is 10.8 Å². The number of hydrogen-bond acceptors (Lipinski definition) is 2. The molecule has 0 radical (unpaired) electrons. The van der Waals surface area contributed by atoms with Gasteiger partial charge < -0.3 is 9.80 Å². The van der Waals surface area contributed by atoms with Crippen LogP contribution in [0.5, 0.6) is 0 Å². The van der Waals surface area contributed by atoms with Crippen molar-refractivity contribution in [2.24, 2.45) is 0 Å². The summed E-state index contributed by atoms with van der Waals surface area (Å²) in [6.45, 7) is 9.44. The Kier molecular flexibility index (Phi) is 8.53. The van der Waals surface area contributed by atoms with Gasteiger partial charge in [0, 0.05) is 45.0 Å². The molecule has 0 saturated carbocycles. The summed E-state index contributed by atoms with van der Waals surface area (Å²) < 4.78 is 0. The Bertz CT molecular complexity index is 2670. The van der Waals surface area contributed by atoms with Gasteiger partial charge in [0.25, 0.3) is 0 Å². The van der Waals surface area contributed by atoms with Crippen molar-refractivity contribution in [1.29, 1.82) is 0 Å². The first-order valence-electron chi connectivity index (χ1n) is 20.3. The maximum Gasteiger partial charge on any atom is 0.0465 e. The second-order valence-electron chi connectivity index (χ2n) is 16.7. The van der Waals surface area contributed by atoms with E-state index in [4.69, 9.17) is 0 Å². The molecule has 0 spiro atoms. The Hall–Kier alpha value is -6.90. The smallest absolute Gasteiger partial charge is 0.0465 e. The van der Waals surface area contributed by atoms with Crippen molar-refractivity contribution < 1.29 is 0 Å². The predicted octanol–water partition coefficient (Wildman–Crippen LogP) is 15.4. The molecule has 8 aromatic carbocycles. The summed E-state index contributed by atoms with van der Waals surface area (Å²) >= 11 is 0. The molecule has 2 heteroatoms. The highest BCUT2D eigenvalue weighted by molar-refractivity contribution is 5.88. The van der Waals surface area contributed by atoms with Gasteiger partial charge in [0.15, 0.2) is 0 Å². The number of rotatable bonds is 8. The molecule has 0 unspecified atom stereocenters. The van der Waals surface area contributed by atoms with Crippen LogP contribution in [0.3, 0.4) is 0 Å². The van der Waals surface area contributed by atoms with Crippen LogP contribution in [0.25, 0.3) is 34.4 Å². The zero-order valence-electron chi connectivity index (χ0n) is 33.5. The van der Waals surface area contributed by atoms with Gasteiger partial charge in [0.2, 0.25) is 0 Å². The summed E-state index contributed by atoms with van der Waals surface area (Å²) in [6.07, 6.45) is 4.41. The first-order chi connectivity index (χ1) is 28.3. The Balaban J connectivity index is 0.988. The summed E-state index contributed by atoms with van der Waals surface area (Å²) in [5.74, 6) is 0. The predicted molar refractivity (Wildman–Crippen MR) is 246 cm³/mol. The first kappa shape index (κ1) is 35.5. The molecule has 0 amide bonds. The summed E-state index contributed by atoms with van der Waals surface area (Å²) in [4.78, 5) is 4.73. The average Bonchev–Trinajstić information content (AvgIpc) is 3.64. The number of benzene rings is 8. The van der Waals surface area contributed by atoms with Crippen molar-refractivity contribution in [3.63, 3.8) is 0 Å². The van der Waals surface area contributed by atoms with Crippen molar-refractivity contribution in [2.75, 3.05) is 9.80 Å². The van der Waals surface area contributed by atoms with E-state index in [9.17, 15) is 0 Å². The molecule has 0 aliphatic heterocycles. The van der Waals surface area contributed by atoms with Crippen LogP contribution in [0.1, 0.15) is 61.1 Å². The monoisotopic (exact) mass is 746 g/mol. The zero-order valence-corrected chi connectivity index (χ0v) is 33.5. The van der Waals surface area contributed by atoms with Gasteiger partial charge >= 0.3 is 0 Å². The molecule has 58 heavy (non-hydrogen) atoms. The van der Waals surface area contributed by atoms with E-state index in [1.165, 1.54) is 44.5 Å². The van der Waals surface area contributed by atoms with E-state index >= 15 is 0 Å². The van der Waals surface area contributed by atoms with Crippen molar-refractivity contribution in [3.05, 3.63) is 228 Å². The van der Waals surface area contributed by atoms with Crippen LogP contribution >= 0.6 is 0 Å². The topological polar surface area (TPSA) is 6.48 Å². The summed E-state index contributed by atoms with van der Waals surface area (Å²) in [5, 5.41) is 0. The lowest BCUT2D eigenvalue weighted by atomic mass is 9.82. The standard InChI is InChI=1S/C56H46N2/c1-55(2)51-21-13-11-19-47(51)49-35-33-45(37-53(49)55)58(46-34-36-50-48-20-12-14-22-52(48)56(3,4)54(50)38-46)44-31-27-40(28-32-44)24-23-39-25-29-43(30-26-39)57(41-15-7-5-8-16-41)42-17-9-6-10-18-42/h5-38H,1-4H3/b24-23+. The molecule has 0 aromatic heterocycles. The molecule has 0 N–H and O–H groups in total. The van der Waals surface area contributed by atoms with Gasteiger partial charge in [-0.2, -0.15) is 0 Å². The van der Waals surface area contributed by atoms with E-state index < -0.39 is 0 Å². The fraction of sp³-hybridized carbons (Fsp3) is 0.107. The van der Waals surface area contributed by atoms with Gasteiger partial charge in [-0.1, -0.05) is 161 Å². The maximum absolute atomic E-state index is 2.44. The lowest BCUT2D eigenvalue weighted by molar-refractivity contribution is 0.660. The molecule has 0 atom stereocenters. The number of anilines is 6. The summed E-state index contributed by atoms with van der Waals surface area (Å²) in [6, 6.07) is 70.8. The number of hydrogen-bond donors (Lipinski definition) is 0. The van der Waals surface area contributed by atoms with Crippen molar-refractivity contribution in [1.82, 2.24) is 0 Å². The van der Waals surface area contributed by atoms with Gasteiger partial charge in [0.1, 0.15) is 0 Å². The van der Waals surface area contributed by atoms with Crippen LogP contribution in [0.2, 0.25) is 0 Å². The third kappa shape index (κ3) is 5.96. The second-order valence-corrected chi connectivity index (χ2v) is 16.7. The van der Waals surface area contributed by atoms with E-state index in [2.05, 4.69) is 244 Å². The number of nitrogens with zero attached hydrogens (tertiary/aromatic N) is 2. The molecule has 8 aromatic rings. The number of fused-ring (bicyclic) bond motifs is 6. The Labute approximate surface area is 343 Å². The van der Waals surface area contributed by atoms with Crippen LogP contribution in [-0.4, -0.2) is 0 Å². The van der Waals surface area contributed by atoms with Crippen molar-refractivity contribution in [3.8, 4) is 22.3 Å². The molecule has 2 nitrogen and oxygen atoms in total. The molecule has 10 rings (SSSR count). The fourth-order valence-electron chi connectivity index (χ4n) is 9.37. The minimum Gasteiger partial charge on any atom is -0.311 e. The molecule has 0 fully saturated rings. The normalized spacial score (nSPS) is 14.1. The van der Waals surface area contributed by atoms with E-state index in [1.54, 1.807) is 0 Å². The summed E-state index contributed by atoms with van der Waals surface area (Å²) in [5.41, 5.74) is 19.8. The Morgan fingerprint density at radius 3 is 1.02 bits per heavy atom. The minimum absolute atomic E-state index is 0.0938. The Morgan fingerprint density at radius 2 is 0.603 bits per heavy atom. The quantitative estimate of drug-likeness (QED) is 0.143. The molecular formula is C56H46N2. The zero-order chi connectivity index (χ0) is 39.4. The maximum atomic E-state index is 2.44. The van der Waals surface area contributed by atoms with Crippen LogP contribution in [0.15, 0.2) is 194 Å². The largest absolute Gasteiger partial charge is 0.311 e. The van der Waals surface area contributed by atoms with Crippen LogP contribution in [0.4, 0.5) is 34.1 Å². The van der Waals surface area contributed by atoms with Gasteiger partial charge in [-0.15, -0.1) is 0 Å². The van der Waals surface area contributed by atoms with Crippen LogP contribution < -0.4 is 9.80 Å². The minimum atomic E-state index is -0.0938. The van der Waals surface area contributed by atoms with Gasteiger partial charge in [-0.3, -0.25) is 0 Å². The van der Waals surface area contributed by atoms with Gasteiger partial charge in [-0.25, -0.2) is 0 Å². The number of para-hydroxylation sites is 2. The molecule has 280 valence electrons. The second kappa shape index (κ2) is 13.9. The van der Waals surface area contributed by atoms with Crippen LogP contribution in [0, 0.1) is 0 Å². The molecule has 0 heterocycles. The molecule has 2 aliphatic carbocycles. The SMILES string of the molecule is CC1(C)c2ccccc2-c2ccc(N(c3ccc(/C=C/c4ccc(N(c5ccccc5)c5ccccc5)cc4)cc3)c3ccc4c(c3)C(C)(C)c3ccccc3-4)cc21. The van der Waals surface area contributed by atoms with Crippen molar-refractivity contribution in [2.45, 2.75) is 38.5 Å². The van der Waals surface area contributed by atoms with Crippen LogP contribution in [-0.2, 0) is 10.8 Å². The average molecular weight is 747 g/mol.